The molecule has 0 radical (unpaired) electrons. The molecular weight excluding hydrogens is 330 g/mol. The molecule has 0 amide bonds. The molecule has 1 aromatic carbocycles. The minimum absolute atomic E-state index is 0.201. The van der Waals surface area contributed by atoms with E-state index in [0.717, 1.165) is 25.0 Å². The number of ether oxygens (including phenoxy) is 2. The Bertz CT molecular complexity index is 615. The van der Waals surface area contributed by atoms with Crippen LogP contribution in [0.4, 0.5) is 0 Å². The fourth-order valence-electron chi connectivity index (χ4n) is 2.20. The Hall–Kier alpha value is -2.19. The number of thiocarbonyl (C=S) groups is 1. The molecule has 1 heterocycles. The highest BCUT2D eigenvalue weighted by Gasteiger charge is 2.15. The molecule has 24 heavy (non-hydrogen) atoms. The van der Waals surface area contributed by atoms with Gasteiger partial charge in [0.05, 0.1) is 17.8 Å². The van der Waals surface area contributed by atoms with E-state index in [0.29, 0.717) is 23.1 Å². The van der Waals surface area contributed by atoms with Crippen LogP contribution in [0.5, 0.6) is 5.75 Å². The lowest BCUT2D eigenvalue weighted by Crippen LogP contribution is -2.37. The molecule has 2 rings (SSSR count). The van der Waals surface area contributed by atoms with Crippen LogP contribution >= 0.6 is 12.2 Å². The van der Waals surface area contributed by atoms with Crippen LogP contribution in [0.25, 0.3) is 0 Å². The lowest BCUT2D eigenvalue weighted by atomic mass is 10.1. The van der Waals surface area contributed by atoms with Crippen LogP contribution in [0.1, 0.15) is 25.3 Å². The van der Waals surface area contributed by atoms with Crippen molar-refractivity contribution in [3.05, 3.63) is 29.8 Å². The zero-order valence-electron chi connectivity index (χ0n) is 13.4. The van der Waals surface area contributed by atoms with Crippen molar-refractivity contribution in [2.75, 3.05) is 19.8 Å². The Morgan fingerprint density at radius 2 is 2.38 bits per heavy atom. The molecular formula is C16H20N3O4S-. The first-order valence-corrected chi connectivity index (χ1v) is 8.08. The zero-order chi connectivity index (χ0) is 17.4. The average Bonchev–Trinajstić information content (AvgIpc) is 3.09. The predicted molar refractivity (Wildman–Crippen MR) is 91.9 cm³/mol. The maximum absolute atomic E-state index is 10.4. The number of carboxylic acids is 1. The summed E-state index contributed by atoms with van der Waals surface area (Å²) in [5, 5.41) is 18.1. The lowest BCUT2D eigenvalue weighted by molar-refractivity contribution is -0.307. The molecule has 7 nitrogen and oxygen atoms in total. The second-order valence-corrected chi connectivity index (χ2v) is 5.75. The van der Waals surface area contributed by atoms with Crippen LogP contribution in [0.2, 0.25) is 0 Å². The molecule has 1 atom stereocenters. The van der Waals surface area contributed by atoms with Gasteiger partial charge in [-0.05, 0) is 44.1 Å². The van der Waals surface area contributed by atoms with Gasteiger partial charge in [-0.25, -0.2) is 0 Å². The maximum Gasteiger partial charge on any atom is 0.187 e. The van der Waals surface area contributed by atoms with Crippen molar-refractivity contribution >= 4 is 29.0 Å². The van der Waals surface area contributed by atoms with E-state index < -0.39 is 12.6 Å². The van der Waals surface area contributed by atoms with Crippen LogP contribution in [0, 0.1) is 0 Å². The first kappa shape index (κ1) is 18.2. The molecule has 1 fully saturated rings. The van der Waals surface area contributed by atoms with E-state index in [9.17, 15) is 9.90 Å². The molecule has 1 aliphatic rings. The van der Waals surface area contributed by atoms with Gasteiger partial charge in [-0.3, -0.25) is 5.43 Å². The fraction of sp³-hybridized carbons (Fsp3) is 0.438. The van der Waals surface area contributed by atoms with Gasteiger partial charge >= 0.3 is 0 Å². The third-order valence-corrected chi connectivity index (χ3v) is 3.68. The topological polar surface area (TPSA) is 95.0 Å². The molecule has 0 saturated carbocycles. The summed E-state index contributed by atoms with van der Waals surface area (Å²) in [5.74, 6) is -0.833. The summed E-state index contributed by atoms with van der Waals surface area (Å²) < 4.78 is 10.6. The van der Waals surface area contributed by atoms with Crippen molar-refractivity contribution in [3.63, 3.8) is 0 Å². The van der Waals surface area contributed by atoms with Gasteiger partial charge in [0.25, 0.3) is 0 Å². The summed E-state index contributed by atoms with van der Waals surface area (Å²) in [5.41, 5.74) is 4.26. The molecule has 130 valence electrons. The third kappa shape index (κ3) is 6.13. The second-order valence-electron chi connectivity index (χ2n) is 5.34. The smallest absolute Gasteiger partial charge is 0.187 e. The van der Waals surface area contributed by atoms with Gasteiger partial charge in [-0.2, -0.15) is 5.10 Å². The van der Waals surface area contributed by atoms with E-state index in [4.69, 9.17) is 21.7 Å². The molecule has 1 aliphatic heterocycles. The summed E-state index contributed by atoms with van der Waals surface area (Å²) in [4.78, 5) is 10.4. The van der Waals surface area contributed by atoms with Crippen LogP contribution < -0.4 is 20.6 Å². The number of hydrazone groups is 1. The Balaban J connectivity index is 1.84. The molecule has 1 saturated heterocycles. The average molecular weight is 350 g/mol. The lowest BCUT2D eigenvalue weighted by Gasteiger charge is -2.12. The number of hydrogen-bond acceptors (Lipinski definition) is 6. The number of nitrogens with zero attached hydrogens (tertiary/aromatic N) is 1. The summed E-state index contributed by atoms with van der Waals surface area (Å²) >= 11 is 5.17. The van der Waals surface area contributed by atoms with E-state index in [1.54, 1.807) is 18.2 Å². The highest BCUT2D eigenvalue weighted by atomic mass is 32.1. The van der Waals surface area contributed by atoms with Crippen molar-refractivity contribution in [1.29, 1.82) is 0 Å². The quantitative estimate of drug-likeness (QED) is 0.411. The normalized spacial score (nSPS) is 17.4. The Labute approximate surface area is 146 Å². The Kier molecular flexibility index (Phi) is 6.95. The monoisotopic (exact) mass is 350 g/mol. The molecule has 2 N–H and O–H groups in total. The van der Waals surface area contributed by atoms with Gasteiger partial charge in [0.2, 0.25) is 0 Å². The van der Waals surface area contributed by atoms with Gasteiger partial charge in [0.1, 0.15) is 12.4 Å². The Morgan fingerprint density at radius 3 is 3.08 bits per heavy atom. The van der Waals surface area contributed by atoms with Crippen LogP contribution in [-0.4, -0.2) is 42.7 Å². The van der Waals surface area contributed by atoms with Crippen molar-refractivity contribution in [2.24, 2.45) is 5.10 Å². The van der Waals surface area contributed by atoms with E-state index >= 15 is 0 Å². The summed E-state index contributed by atoms with van der Waals surface area (Å²) in [6, 6.07) is 6.97. The van der Waals surface area contributed by atoms with Gasteiger partial charge in [0, 0.05) is 18.7 Å². The number of rotatable bonds is 7. The third-order valence-electron chi connectivity index (χ3n) is 3.45. The maximum atomic E-state index is 10.4. The number of aliphatic carboxylic acids is 1. The largest absolute Gasteiger partial charge is 0.546 e. The van der Waals surface area contributed by atoms with E-state index in [1.807, 2.05) is 13.0 Å². The SMILES string of the molecule is C/C(=N/NC(=S)NC[C@H]1CCCO1)c1cccc(OCC(=O)[O-])c1. The Morgan fingerprint density at radius 1 is 1.54 bits per heavy atom. The van der Waals surface area contributed by atoms with Crippen LogP contribution in [-0.2, 0) is 9.53 Å². The standard InChI is InChI=1S/C16H21N3O4S/c1-11(12-4-2-5-13(8-12)23-10-15(20)21)18-19-16(24)17-9-14-6-3-7-22-14/h2,4-5,8,14H,3,6-7,9-10H2,1H3,(H,20,21)(H2,17,19,24)/p-1/b18-11-/t14-/m1/s1. The minimum atomic E-state index is -1.27. The molecule has 8 heteroatoms. The van der Waals surface area contributed by atoms with E-state index in [1.165, 1.54) is 0 Å². The van der Waals surface area contributed by atoms with Crippen molar-refractivity contribution in [2.45, 2.75) is 25.9 Å². The summed E-state index contributed by atoms with van der Waals surface area (Å²) in [6.45, 7) is 2.79. The van der Waals surface area contributed by atoms with E-state index in [2.05, 4.69) is 15.8 Å². The summed E-state index contributed by atoms with van der Waals surface area (Å²) in [7, 11) is 0. The molecule has 0 aromatic heterocycles. The van der Waals surface area contributed by atoms with Gasteiger partial charge in [-0.1, -0.05) is 12.1 Å². The van der Waals surface area contributed by atoms with E-state index in [-0.39, 0.29) is 6.10 Å². The highest BCUT2D eigenvalue weighted by molar-refractivity contribution is 7.80. The van der Waals surface area contributed by atoms with Gasteiger partial charge < -0.3 is 24.7 Å². The zero-order valence-corrected chi connectivity index (χ0v) is 14.2. The number of nitrogens with one attached hydrogen (secondary N) is 2. The second kappa shape index (κ2) is 9.19. The minimum Gasteiger partial charge on any atom is -0.546 e. The molecule has 0 bridgehead atoms. The molecule has 0 unspecified atom stereocenters. The number of carboxylic acid groups (broad SMARTS) is 1. The van der Waals surface area contributed by atoms with Gasteiger partial charge in [0.15, 0.2) is 5.11 Å². The number of hydrogen-bond donors (Lipinski definition) is 2. The number of carbonyl (C=O) groups is 1. The van der Waals surface area contributed by atoms with Crippen LogP contribution in [0.15, 0.2) is 29.4 Å². The summed E-state index contributed by atoms with van der Waals surface area (Å²) in [6.07, 6.45) is 2.32. The molecule has 0 spiro atoms. The predicted octanol–water partition coefficient (Wildman–Crippen LogP) is 0.182. The number of carbonyl (C=O) groups excluding carboxylic acids is 1. The van der Waals surface area contributed by atoms with Gasteiger partial charge in [-0.15, -0.1) is 0 Å². The molecule has 0 aliphatic carbocycles. The highest BCUT2D eigenvalue weighted by Crippen LogP contribution is 2.14. The van der Waals surface area contributed by atoms with Crippen molar-refractivity contribution < 1.29 is 19.4 Å². The first-order valence-electron chi connectivity index (χ1n) is 7.67. The van der Waals surface area contributed by atoms with Crippen LogP contribution in [0.3, 0.4) is 0 Å². The number of benzene rings is 1. The molecule has 1 aromatic rings. The van der Waals surface area contributed by atoms with Crippen molar-refractivity contribution in [1.82, 2.24) is 10.7 Å². The fourth-order valence-corrected chi connectivity index (χ4v) is 2.33. The first-order chi connectivity index (χ1) is 11.5. The van der Waals surface area contributed by atoms with Crippen molar-refractivity contribution in [3.8, 4) is 5.75 Å².